The van der Waals surface area contributed by atoms with E-state index in [1.54, 1.807) is 0 Å². The van der Waals surface area contributed by atoms with Crippen molar-refractivity contribution < 1.29 is 19.8 Å². The Morgan fingerprint density at radius 2 is 1.43 bits per heavy atom. The van der Waals surface area contributed by atoms with Gasteiger partial charge in [0.05, 0.1) is 0 Å². The van der Waals surface area contributed by atoms with Crippen molar-refractivity contribution in [3.8, 4) is 0 Å². The average molecular weight is 127 g/mol. The molecule has 0 fully saturated rings. The molecule has 0 rings (SSSR count). The summed E-state index contributed by atoms with van der Waals surface area (Å²) >= 11 is 0. The third-order valence-corrected chi connectivity index (χ3v) is 1.50. The molecule has 0 spiro atoms. The van der Waals surface area contributed by atoms with Crippen LogP contribution in [0.15, 0.2) is 0 Å². The number of aliphatic hydroxyl groups is 1. The summed E-state index contributed by atoms with van der Waals surface area (Å²) in [6.07, 6.45) is 0. The highest BCUT2D eigenvalue weighted by Crippen LogP contribution is 2.48. The van der Waals surface area contributed by atoms with E-state index in [0.717, 1.165) is 6.92 Å². The summed E-state index contributed by atoms with van der Waals surface area (Å²) in [5, 5.41) is 8.19. The summed E-state index contributed by atoms with van der Waals surface area (Å²) in [4.78, 5) is 24.2. The van der Waals surface area contributed by atoms with Gasteiger partial charge in [-0.3, -0.25) is 0 Å². The molecule has 4 N–H and O–H groups in total. The van der Waals surface area contributed by atoms with Gasteiger partial charge in [0.2, 0.25) is 5.85 Å². The minimum Gasteiger partial charge on any atom is -0.353 e. The molecular weight excluding hydrogens is 119 g/mol. The number of hydrogen-bond donors (Lipinski definition) is 4. The molecule has 0 aliphatic carbocycles. The fraction of sp³-hybridized carbons (Fsp3) is 1.00. The summed E-state index contributed by atoms with van der Waals surface area (Å²) in [5.74, 6) is -1.42. The maximum Gasteiger partial charge on any atom is 0.434 e. The molecule has 0 aliphatic rings. The Hall–Kier alpha value is 0.270. The van der Waals surface area contributed by atoms with Crippen LogP contribution in [0.25, 0.3) is 0 Å². The Morgan fingerprint density at radius 1 is 1.29 bits per heavy atom. The van der Waals surface area contributed by atoms with Gasteiger partial charge in [-0.25, -0.2) is 0 Å². The Balaban J connectivity index is 3.54. The smallest absolute Gasteiger partial charge is 0.353 e. The fourth-order valence-electron chi connectivity index (χ4n) is 0. The molecular formula is C2H8O4P+. The lowest BCUT2D eigenvalue weighted by atomic mass is 10.9. The van der Waals surface area contributed by atoms with Crippen molar-refractivity contribution in [3.05, 3.63) is 0 Å². The molecule has 0 saturated carbocycles. The predicted molar refractivity (Wildman–Crippen MR) is 25.3 cm³/mol. The van der Waals surface area contributed by atoms with Gasteiger partial charge in [0, 0.05) is 6.92 Å². The maximum absolute atomic E-state index is 8.19. The summed E-state index contributed by atoms with van der Waals surface area (Å²) in [7, 11) is -3.93. The highest BCUT2D eigenvalue weighted by atomic mass is 31.2. The molecule has 0 aromatic heterocycles. The second-order valence-electron chi connectivity index (χ2n) is 1.25. The largest absolute Gasteiger partial charge is 0.434 e. The van der Waals surface area contributed by atoms with Crippen LogP contribution in [0.4, 0.5) is 0 Å². The molecule has 1 unspecified atom stereocenters. The Morgan fingerprint density at radius 3 is 1.43 bits per heavy atom. The van der Waals surface area contributed by atoms with E-state index in [0.29, 0.717) is 0 Å². The zero-order valence-corrected chi connectivity index (χ0v) is 4.71. The minimum atomic E-state index is -3.93. The molecule has 0 aliphatic heterocycles. The van der Waals surface area contributed by atoms with E-state index < -0.39 is 13.8 Å². The van der Waals surface area contributed by atoms with Crippen LogP contribution in [0.2, 0.25) is 0 Å². The highest BCUT2D eigenvalue weighted by molar-refractivity contribution is 7.59. The Kier molecular flexibility index (Phi) is 2.10. The van der Waals surface area contributed by atoms with Crippen LogP contribution in [0.3, 0.4) is 0 Å². The van der Waals surface area contributed by atoms with E-state index in [9.17, 15) is 0 Å². The molecule has 0 heterocycles. The van der Waals surface area contributed by atoms with E-state index in [1.165, 1.54) is 0 Å². The lowest BCUT2D eigenvalue weighted by Crippen LogP contribution is -2.05. The average Bonchev–Trinajstić information content (AvgIpc) is 1.31. The fourth-order valence-corrected chi connectivity index (χ4v) is 0. The van der Waals surface area contributed by atoms with Crippen molar-refractivity contribution in [1.29, 1.82) is 0 Å². The molecule has 0 aromatic carbocycles. The molecule has 44 valence electrons. The SMILES string of the molecule is CC(O)[P+](O)(O)O. The van der Waals surface area contributed by atoms with Crippen molar-refractivity contribution in [2.24, 2.45) is 0 Å². The molecule has 0 bridgehead atoms. The Bertz CT molecular complexity index is 55.2. The first-order valence-electron chi connectivity index (χ1n) is 1.69. The zero-order valence-electron chi connectivity index (χ0n) is 3.81. The molecule has 1 atom stereocenters. The van der Waals surface area contributed by atoms with E-state index >= 15 is 0 Å². The number of rotatable bonds is 1. The monoisotopic (exact) mass is 127 g/mol. The van der Waals surface area contributed by atoms with Gasteiger partial charge < -0.3 is 5.11 Å². The van der Waals surface area contributed by atoms with Gasteiger partial charge in [-0.1, -0.05) is 0 Å². The van der Waals surface area contributed by atoms with Crippen LogP contribution in [0.5, 0.6) is 0 Å². The topological polar surface area (TPSA) is 80.9 Å². The van der Waals surface area contributed by atoms with Gasteiger partial charge in [-0.05, 0) is 0 Å². The molecule has 0 radical (unpaired) electrons. The van der Waals surface area contributed by atoms with Gasteiger partial charge in [-0.15, -0.1) is 0 Å². The molecule has 5 heteroatoms. The molecule has 4 nitrogen and oxygen atoms in total. The van der Waals surface area contributed by atoms with Crippen LogP contribution in [-0.4, -0.2) is 25.6 Å². The summed E-state index contributed by atoms with van der Waals surface area (Å²) in [6, 6.07) is 0. The van der Waals surface area contributed by atoms with Crippen LogP contribution in [0, 0.1) is 0 Å². The summed E-state index contributed by atoms with van der Waals surface area (Å²) in [5.41, 5.74) is 0. The van der Waals surface area contributed by atoms with Crippen molar-refractivity contribution in [2.45, 2.75) is 12.8 Å². The first kappa shape index (κ1) is 7.27. The normalized spacial score (nSPS) is 16.7. The van der Waals surface area contributed by atoms with E-state index in [2.05, 4.69) is 0 Å². The third kappa shape index (κ3) is 2.91. The van der Waals surface area contributed by atoms with Crippen LogP contribution in [-0.2, 0) is 0 Å². The van der Waals surface area contributed by atoms with Crippen LogP contribution in [0.1, 0.15) is 6.92 Å². The second-order valence-corrected chi connectivity index (χ2v) is 3.22. The standard InChI is InChI=1S/C2H8O4P/c1-2(3)7(4,5)6/h2-6H,1H3/q+1. The lowest BCUT2D eigenvalue weighted by Gasteiger charge is -2.03. The summed E-state index contributed by atoms with van der Waals surface area (Å²) < 4.78 is 0. The van der Waals surface area contributed by atoms with Crippen molar-refractivity contribution >= 4 is 7.94 Å². The maximum atomic E-state index is 8.19. The van der Waals surface area contributed by atoms with Gasteiger partial charge in [0.1, 0.15) is 0 Å². The van der Waals surface area contributed by atoms with Crippen molar-refractivity contribution in [2.75, 3.05) is 0 Å². The van der Waals surface area contributed by atoms with Crippen LogP contribution < -0.4 is 0 Å². The Labute approximate surface area is 41.6 Å². The lowest BCUT2D eigenvalue weighted by molar-refractivity contribution is 0.196. The highest BCUT2D eigenvalue weighted by Gasteiger charge is 2.37. The molecule has 0 aromatic rings. The molecule has 7 heavy (non-hydrogen) atoms. The van der Waals surface area contributed by atoms with Gasteiger partial charge in [0.15, 0.2) is 0 Å². The second kappa shape index (κ2) is 2.03. The first-order valence-corrected chi connectivity index (χ1v) is 3.41. The van der Waals surface area contributed by atoms with E-state index in [1.807, 2.05) is 0 Å². The van der Waals surface area contributed by atoms with Gasteiger partial charge in [-0.2, -0.15) is 14.7 Å². The van der Waals surface area contributed by atoms with Gasteiger partial charge in [0.25, 0.3) is 0 Å². The first-order chi connectivity index (χ1) is 2.94. The van der Waals surface area contributed by atoms with Crippen LogP contribution >= 0.6 is 7.94 Å². The molecule has 0 amide bonds. The number of aliphatic hydroxyl groups excluding tert-OH is 1. The minimum absolute atomic E-state index is 1.10. The molecule has 0 saturated heterocycles. The van der Waals surface area contributed by atoms with Crippen molar-refractivity contribution in [1.82, 2.24) is 0 Å². The predicted octanol–water partition coefficient (Wildman–Crippen LogP) is -0.936. The van der Waals surface area contributed by atoms with E-state index in [4.69, 9.17) is 19.8 Å². The zero-order chi connectivity index (χ0) is 6.08. The third-order valence-electron chi connectivity index (χ3n) is 0.501. The van der Waals surface area contributed by atoms with Gasteiger partial charge >= 0.3 is 7.94 Å². The van der Waals surface area contributed by atoms with E-state index in [-0.39, 0.29) is 0 Å². The quantitative estimate of drug-likeness (QED) is 0.343. The summed E-state index contributed by atoms with van der Waals surface area (Å²) in [6.45, 7) is 1.10. The van der Waals surface area contributed by atoms with Crippen molar-refractivity contribution in [3.63, 3.8) is 0 Å². The number of hydrogen-bond acceptors (Lipinski definition) is 4.